The molecule has 0 aliphatic carbocycles. The van der Waals surface area contributed by atoms with Crippen molar-refractivity contribution in [2.45, 2.75) is 26.0 Å². The monoisotopic (exact) mass is 211 g/mol. The van der Waals surface area contributed by atoms with E-state index in [4.69, 9.17) is 10.5 Å². The molecule has 1 aromatic carbocycles. The molecule has 2 atom stereocenters. The van der Waals surface area contributed by atoms with Crippen molar-refractivity contribution in [2.24, 2.45) is 5.73 Å². The fraction of sp³-hybridized carbons (Fsp3) is 0.455. The number of hydrogen-bond acceptors (Lipinski definition) is 4. The highest BCUT2D eigenvalue weighted by atomic mass is 16.5. The first-order chi connectivity index (χ1) is 6.99. The number of phenolic OH excluding ortho intramolecular Hbond substituents is 1. The van der Waals surface area contributed by atoms with Gasteiger partial charge in [-0.1, -0.05) is 0 Å². The van der Waals surface area contributed by atoms with Crippen molar-refractivity contribution in [2.75, 3.05) is 7.11 Å². The Hall–Kier alpha value is -1.26. The molecule has 4 heteroatoms. The van der Waals surface area contributed by atoms with E-state index < -0.39 is 12.1 Å². The van der Waals surface area contributed by atoms with E-state index in [0.29, 0.717) is 16.9 Å². The van der Waals surface area contributed by atoms with Crippen LogP contribution in [0.5, 0.6) is 11.5 Å². The van der Waals surface area contributed by atoms with Crippen LogP contribution in [0.25, 0.3) is 0 Å². The lowest BCUT2D eigenvalue weighted by Crippen LogP contribution is -2.24. The molecule has 0 aliphatic heterocycles. The fourth-order valence-corrected chi connectivity index (χ4v) is 1.45. The first-order valence-corrected chi connectivity index (χ1v) is 4.79. The van der Waals surface area contributed by atoms with Crippen molar-refractivity contribution < 1.29 is 14.9 Å². The number of nitrogens with two attached hydrogens (primary N) is 1. The summed E-state index contributed by atoms with van der Waals surface area (Å²) in [6.07, 6.45) is -0.866. The highest BCUT2D eigenvalue weighted by Crippen LogP contribution is 2.34. The zero-order valence-corrected chi connectivity index (χ0v) is 9.19. The van der Waals surface area contributed by atoms with Gasteiger partial charge in [0.2, 0.25) is 0 Å². The molecule has 15 heavy (non-hydrogen) atoms. The van der Waals surface area contributed by atoms with Crippen molar-refractivity contribution in [3.63, 3.8) is 0 Å². The highest BCUT2D eigenvalue weighted by molar-refractivity contribution is 5.49. The summed E-state index contributed by atoms with van der Waals surface area (Å²) in [4.78, 5) is 0. The lowest BCUT2D eigenvalue weighted by atomic mass is 10.00. The topological polar surface area (TPSA) is 75.7 Å². The molecule has 0 saturated heterocycles. The molecule has 0 radical (unpaired) electrons. The number of methoxy groups -OCH3 is 1. The van der Waals surface area contributed by atoms with Gasteiger partial charge in [-0.2, -0.15) is 0 Å². The van der Waals surface area contributed by atoms with Crippen LogP contribution in [0, 0.1) is 6.92 Å². The summed E-state index contributed by atoms with van der Waals surface area (Å²) in [5.41, 5.74) is 6.60. The largest absolute Gasteiger partial charge is 0.507 e. The first-order valence-electron chi connectivity index (χ1n) is 4.79. The molecule has 0 amide bonds. The maximum Gasteiger partial charge on any atom is 0.128 e. The Morgan fingerprint density at radius 3 is 2.47 bits per heavy atom. The summed E-state index contributed by atoms with van der Waals surface area (Å²) < 4.78 is 5.05. The number of benzene rings is 1. The predicted octanol–water partition coefficient (Wildman–Crippen LogP) is 1.09. The minimum atomic E-state index is -0.866. The van der Waals surface area contributed by atoms with Crippen molar-refractivity contribution in [1.29, 1.82) is 0 Å². The molecule has 84 valence electrons. The minimum absolute atomic E-state index is 0.0409. The van der Waals surface area contributed by atoms with E-state index in [0.717, 1.165) is 0 Å². The van der Waals surface area contributed by atoms with Crippen LogP contribution in [0.3, 0.4) is 0 Å². The lowest BCUT2D eigenvalue weighted by molar-refractivity contribution is 0.149. The third kappa shape index (κ3) is 2.22. The van der Waals surface area contributed by atoms with E-state index in [9.17, 15) is 10.2 Å². The van der Waals surface area contributed by atoms with Gasteiger partial charge in [0.05, 0.1) is 13.2 Å². The molecule has 0 bridgehead atoms. The summed E-state index contributed by atoms with van der Waals surface area (Å²) in [6.45, 7) is 3.41. The van der Waals surface area contributed by atoms with Gasteiger partial charge in [0.25, 0.3) is 0 Å². The third-order valence-corrected chi connectivity index (χ3v) is 2.45. The summed E-state index contributed by atoms with van der Waals surface area (Å²) in [5.74, 6) is 0.632. The SMILES string of the molecule is COc1ccc(C(O)C(C)N)c(O)c1C. The van der Waals surface area contributed by atoms with Crippen molar-refractivity contribution in [1.82, 2.24) is 0 Å². The zero-order chi connectivity index (χ0) is 11.6. The van der Waals surface area contributed by atoms with Crippen LogP contribution in [0.15, 0.2) is 12.1 Å². The summed E-state index contributed by atoms with van der Waals surface area (Å²) in [7, 11) is 1.53. The van der Waals surface area contributed by atoms with Crippen LogP contribution in [0.2, 0.25) is 0 Å². The predicted molar refractivity (Wildman–Crippen MR) is 58.0 cm³/mol. The quantitative estimate of drug-likeness (QED) is 0.699. The van der Waals surface area contributed by atoms with Gasteiger partial charge in [-0.25, -0.2) is 0 Å². The minimum Gasteiger partial charge on any atom is -0.507 e. The standard InChI is InChI=1S/C11H17NO3/c1-6-9(15-3)5-4-8(10(6)13)11(14)7(2)12/h4-5,7,11,13-14H,12H2,1-3H3. The second kappa shape index (κ2) is 4.51. The Morgan fingerprint density at radius 2 is 2.00 bits per heavy atom. The van der Waals surface area contributed by atoms with E-state index in [1.54, 1.807) is 26.0 Å². The Balaban J connectivity index is 3.17. The molecule has 0 fully saturated rings. The molecule has 2 unspecified atom stereocenters. The number of hydrogen-bond donors (Lipinski definition) is 3. The maximum atomic E-state index is 9.83. The average Bonchev–Trinajstić information content (AvgIpc) is 2.21. The smallest absolute Gasteiger partial charge is 0.128 e. The number of rotatable bonds is 3. The van der Waals surface area contributed by atoms with Crippen molar-refractivity contribution in [3.8, 4) is 11.5 Å². The van der Waals surface area contributed by atoms with Crippen molar-refractivity contribution in [3.05, 3.63) is 23.3 Å². The van der Waals surface area contributed by atoms with E-state index in [1.807, 2.05) is 0 Å². The van der Waals surface area contributed by atoms with Crippen LogP contribution in [-0.4, -0.2) is 23.4 Å². The first kappa shape index (κ1) is 11.8. The molecule has 1 rings (SSSR count). The molecule has 0 heterocycles. The van der Waals surface area contributed by atoms with Gasteiger partial charge in [-0.15, -0.1) is 0 Å². The maximum absolute atomic E-state index is 9.83. The van der Waals surface area contributed by atoms with Gasteiger partial charge in [0, 0.05) is 17.2 Å². The molecular weight excluding hydrogens is 194 g/mol. The second-order valence-electron chi connectivity index (χ2n) is 3.63. The van der Waals surface area contributed by atoms with Crippen LogP contribution in [0.4, 0.5) is 0 Å². The third-order valence-electron chi connectivity index (χ3n) is 2.45. The summed E-state index contributed by atoms with van der Waals surface area (Å²) >= 11 is 0. The van der Waals surface area contributed by atoms with Gasteiger partial charge in [0.1, 0.15) is 11.5 Å². The number of ether oxygens (including phenoxy) is 1. The average molecular weight is 211 g/mol. The molecule has 4 N–H and O–H groups in total. The lowest BCUT2D eigenvalue weighted by Gasteiger charge is -2.18. The van der Waals surface area contributed by atoms with E-state index in [1.165, 1.54) is 7.11 Å². The second-order valence-corrected chi connectivity index (χ2v) is 3.63. The molecule has 0 spiro atoms. The van der Waals surface area contributed by atoms with Gasteiger partial charge in [0.15, 0.2) is 0 Å². The molecule has 0 aliphatic rings. The van der Waals surface area contributed by atoms with Crippen LogP contribution in [-0.2, 0) is 0 Å². The normalized spacial score (nSPS) is 14.7. The zero-order valence-electron chi connectivity index (χ0n) is 9.19. The molecule has 0 aromatic heterocycles. The van der Waals surface area contributed by atoms with Crippen LogP contribution >= 0.6 is 0 Å². The molecular formula is C11H17NO3. The van der Waals surface area contributed by atoms with Gasteiger partial charge in [-0.3, -0.25) is 0 Å². The van der Waals surface area contributed by atoms with E-state index in [-0.39, 0.29) is 5.75 Å². The number of aromatic hydroxyl groups is 1. The number of aliphatic hydroxyl groups excluding tert-OH is 1. The number of phenols is 1. The Bertz CT molecular complexity index is 350. The van der Waals surface area contributed by atoms with Gasteiger partial charge >= 0.3 is 0 Å². The molecule has 1 aromatic rings. The Labute approximate surface area is 89.3 Å². The summed E-state index contributed by atoms with van der Waals surface area (Å²) in [5, 5.41) is 19.6. The van der Waals surface area contributed by atoms with Crippen LogP contribution < -0.4 is 10.5 Å². The fourth-order valence-electron chi connectivity index (χ4n) is 1.45. The Morgan fingerprint density at radius 1 is 1.40 bits per heavy atom. The van der Waals surface area contributed by atoms with E-state index >= 15 is 0 Å². The molecule has 4 nitrogen and oxygen atoms in total. The van der Waals surface area contributed by atoms with Crippen molar-refractivity contribution >= 4 is 0 Å². The summed E-state index contributed by atoms with van der Waals surface area (Å²) in [6, 6.07) is 2.90. The molecule has 0 saturated carbocycles. The highest BCUT2D eigenvalue weighted by Gasteiger charge is 2.19. The number of aliphatic hydroxyl groups is 1. The van der Waals surface area contributed by atoms with Crippen LogP contribution in [0.1, 0.15) is 24.2 Å². The van der Waals surface area contributed by atoms with E-state index in [2.05, 4.69) is 0 Å². The van der Waals surface area contributed by atoms with Gasteiger partial charge < -0.3 is 20.7 Å². The van der Waals surface area contributed by atoms with Gasteiger partial charge in [-0.05, 0) is 26.0 Å². The Kier molecular flexibility index (Phi) is 3.55.